The quantitative estimate of drug-likeness (QED) is 0.745. The predicted octanol–water partition coefficient (Wildman–Crippen LogP) is 2.12. The molecule has 0 saturated carbocycles. The van der Waals surface area contributed by atoms with Gasteiger partial charge in [-0.25, -0.2) is 8.42 Å². The van der Waals surface area contributed by atoms with Crippen molar-refractivity contribution in [3.8, 4) is 0 Å². The summed E-state index contributed by atoms with van der Waals surface area (Å²) in [6.07, 6.45) is 5.24. The van der Waals surface area contributed by atoms with E-state index < -0.39 is 9.84 Å². The maximum absolute atomic E-state index is 12.3. The van der Waals surface area contributed by atoms with E-state index in [-0.39, 0.29) is 23.5 Å². The van der Waals surface area contributed by atoms with Gasteiger partial charge in [-0.05, 0) is 38.5 Å². The first-order chi connectivity index (χ1) is 12.3. The molecule has 140 valence electrons. The van der Waals surface area contributed by atoms with E-state index in [1.54, 1.807) is 36.4 Å². The van der Waals surface area contributed by atoms with Crippen LogP contribution in [-0.2, 0) is 21.2 Å². The lowest BCUT2D eigenvalue weighted by atomic mass is 10.1. The second kappa shape index (κ2) is 7.11. The fourth-order valence-corrected chi connectivity index (χ4v) is 4.92. The van der Waals surface area contributed by atoms with Gasteiger partial charge in [-0.3, -0.25) is 9.48 Å². The lowest BCUT2D eigenvalue weighted by Gasteiger charge is -2.16. The molecule has 3 rings (SSSR count). The summed E-state index contributed by atoms with van der Waals surface area (Å²) in [7, 11) is -1.25. The monoisotopic (exact) mass is 377 g/mol. The molecule has 7 nitrogen and oxygen atoms in total. The highest BCUT2D eigenvalue weighted by Gasteiger charge is 2.31. The van der Waals surface area contributed by atoms with Gasteiger partial charge in [-0.1, -0.05) is 0 Å². The van der Waals surface area contributed by atoms with E-state index in [1.807, 2.05) is 18.5 Å². The predicted molar refractivity (Wildman–Crippen MR) is 98.2 cm³/mol. The number of likely N-dealkylation sites (N-methyl/N-ethyl adjacent to an activating group) is 1. The first-order valence-electron chi connectivity index (χ1n) is 8.48. The number of rotatable bonds is 5. The van der Waals surface area contributed by atoms with Gasteiger partial charge >= 0.3 is 0 Å². The lowest BCUT2D eigenvalue weighted by molar-refractivity contribution is -0.125. The summed E-state index contributed by atoms with van der Waals surface area (Å²) in [5.74, 6) is 0.821. The highest BCUT2D eigenvalue weighted by Crippen LogP contribution is 2.27. The molecule has 1 aliphatic rings. The fraction of sp³-hybridized carbons (Fsp3) is 0.444. The van der Waals surface area contributed by atoms with Crippen molar-refractivity contribution in [3.05, 3.63) is 47.2 Å². The van der Waals surface area contributed by atoms with Gasteiger partial charge in [-0.2, -0.15) is 5.10 Å². The van der Waals surface area contributed by atoms with Crippen molar-refractivity contribution in [2.24, 2.45) is 0 Å². The average molecular weight is 377 g/mol. The maximum atomic E-state index is 12.3. The van der Waals surface area contributed by atoms with Crippen LogP contribution >= 0.6 is 0 Å². The normalized spacial score (nSPS) is 19.3. The first kappa shape index (κ1) is 18.4. The van der Waals surface area contributed by atoms with E-state index in [0.717, 1.165) is 17.0 Å². The van der Waals surface area contributed by atoms with E-state index in [2.05, 4.69) is 5.10 Å². The van der Waals surface area contributed by atoms with Crippen LogP contribution < -0.4 is 0 Å². The molecule has 0 N–H and O–H groups in total. The number of furan rings is 1. The molecule has 0 aromatic carbocycles. The number of hydrogen-bond donors (Lipinski definition) is 0. The van der Waals surface area contributed by atoms with Crippen LogP contribution in [0.1, 0.15) is 35.2 Å². The zero-order valence-corrected chi connectivity index (χ0v) is 16.0. The molecular weight excluding hydrogens is 354 g/mol. The molecule has 2 aromatic rings. The van der Waals surface area contributed by atoms with Crippen molar-refractivity contribution in [2.75, 3.05) is 18.6 Å². The van der Waals surface area contributed by atoms with E-state index >= 15 is 0 Å². The van der Waals surface area contributed by atoms with E-state index in [9.17, 15) is 13.2 Å². The van der Waals surface area contributed by atoms with Crippen molar-refractivity contribution in [3.63, 3.8) is 0 Å². The van der Waals surface area contributed by atoms with Crippen molar-refractivity contribution < 1.29 is 17.6 Å². The first-order valence-corrected chi connectivity index (χ1v) is 10.3. The average Bonchev–Trinajstić information content (AvgIpc) is 3.28. The molecule has 0 bridgehead atoms. The molecule has 1 aliphatic heterocycles. The van der Waals surface area contributed by atoms with Crippen LogP contribution in [0.4, 0.5) is 0 Å². The van der Waals surface area contributed by atoms with Crippen LogP contribution in [0.2, 0.25) is 0 Å². The smallest absolute Gasteiger partial charge is 0.246 e. The summed E-state index contributed by atoms with van der Waals surface area (Å²) in [5.41, 5.74) is 2.69. The van der Waals surface area contributed by atoms with Crippen molar-refractivity contribution in [2.45, 2.75) is 32.9 Å². The zero-order valence-electron chi connectivity index (χ0n) is 15.2. The van der Waals surface area contributed by atoms with Crippen molar-refractivity contribution >= 4 is 21.8 Å². The van der Waals surface area contributed by atoms with Crippen molar-refractivity contribution in [1.82, 2.24) is 14.7 Å². The standard InChI is InChI=1S/C18H23N3O4S/c1-13-17(11-20(3)18(22)7-6-16-5-4-9-25-16)14(2)21(19-13)15-8-10-26(23,24)12-15/h4-7,9,15H,8,10-12H2,1-3H3. The van der Waals surface area contributed by atoms with Crippen molar-refractivity contribution in [1.29, 1.82) is 0 Å². The maximum Gasteiger partial charge on any atom is 0.246 e. The molecule has 0 aliphatic carbocycles. The molecule has 1 amide bonds. The zero-order chi connectivity index (χ0) is 18.9. The Kier molecular flexibility index (Phi) is 5.04. The third-order valence-corrected chi connectivity index (χ3v) is 6.48. The van der Waals surface area contributed by atoms with Gasteiger partial charge in [0.1, 0.15) is 5.76 Å². The summed E-state index contributed by atoms with van der Waals surface area (Å²) in [4.78, 5) is 13.9. The second-order valence-corrected chi connectivity index (χ2v) is 8.92. The number of sulfone groups is 1. The summed E-state index contributed by atoms with van der Waals surface area (Å²) in [6.45, 7) is 4.23. The molecule has 0 radical (unpaired) electrons. The van der Waals surface area contributed by atoms with Crippen LogP contribution in [0, 0.1) is 13.8 Å². The van der Waals surface area contributed by atoms with E-state index in [1.165, 1.54) is 6.08 Å². The number of hydrogen-bond acceptors (Lipinski definition) is 5. The van der Waals surface area contributed by atoms with Crippen LogP contribution in [0.25, 0.3) is 6.08 Å². The molecule has 8 heteroatoms. The van der Waals surface area contributed by atoms with Crippen LogP contribution in [0.3, 0.4) is 0 Å². The van der Waals surface area contributed by atoms with E-state index in [4.69, 9.17) is 4.42 Å². The van der Waals surface area contributed by atoms with Gasteiger partial charge in [-0.15, -0.1) is 0 Å². The number of amides is 1. The summed E-state index contributed by atoms with van der Waals surface area (Å²) < 4.78 is 30.5. The number of carbonyl (C=O) groups excluding carboxylic acids is 1. The van der Waals surface area contributed by atoms with Gasteiger partial charge in [0.15, 0.2) is 9.84 Å². The Balaban J connectivity index is 1.72. The molecular formula is C18H23N3O4S. The molecule has 1 fully saturated rings. The summed E-state index contributed by atoms with van der Waals surface area (Å²) in [5, 5.41) is 4.54. The third kappa shape index (κ3) is 3.90. The van der Waals surface area contributed by atoms with Crippen LogP contribution in [0.5, 0.6) is 0 Å². The van der Waals surface area contributed by atoms with Crippen LogP contribution in [0.15, 0.2) is 28.9 Å². The minimum absolute atomic E-state index is 0.118. The fourth-order valence-electron chi connectivity index (χ4n) is 3.23. The number of carbonyl (C=O) groups is 1. The number of nitrogens with zero attached hydrogens (tertiary/aromatic N) is 3. The minimum Gasteiger partial charge on any atom is -0.465 e. The molecule has 1 atom stereocenters. The molecule has 1 saturated heterocycles. The molecule has 1 unspecified atom stereocenters. The molecule has 3 heterocycles. The van der Waals surface area contributed by atoms with Gasteiger partial charge in [0.2, 0.25) is 5.91 Å². The molecule has 2 aromatic heterocycles. The third-order valence-electron chi connectivity index (χ3n) is 4.73. The largest absolute Gasteiger partial charge is 0.465 e. The Morgan fingerprint density at radius 1 is 1.46 bits per heavy atom. The Bertz CT molecular complexity index is 926. The van der Waals surface area contributed by atoms with Gasteiger partial charge in [0.25, 0.3) is 0 Å². The highest BCUT2D eigenvalue weighted by atomic mass is 32.2. The Hall–Kier alpha value is -2.35. The molecule has 0 spiro atoms. The Labute approximate surface area is 153 Å². The molecule has 26 heavy (non-hydrogen) atoms. The van der Waals surface area contributed by atoms with Gasteiger partial charge in [0.05, 0.1) is 29.5 Å². The number of aromatic nitrogens is 2. The van der Waals surface area contributed by atoms with Gasteiger partial charge in [0, 0.05) is 30.9 Å². The summed E-state index contributed by atoms with van der Waals surface area (Å²) in [6, 6.07) is 3.42. The SMILES string of the molecule is Cc1nn(C2CCS(=O)(=O)C2)c(C)c1CN(C)C(=O)C=Cc1ccco1. The Morgan fingerprint density at radius 3 is 2.85 bits per heavy atom. The van der Waals surface area contributed by atoms with Crippen LogP contribution in [-0.4, -0.2) is 47.6 Å². The number of aryl methyl sites for hydroxylation is 1. The topological polar surface area (TPSA) is 85.4 Å². The minimum atomic E-state index is -2.97. The van der Waals surface area contributed by atoms with Gasteiger partial charge < -0.3 is 9.32 Å². The summed E-state index contributed by atoms with van der Waals surface area (Å²) >= 11 is 0. The second-order valence-electron chi connectivity index (χ2n) is 6.69. The lowest BCUT2D eigenvalue weighted by Crippen LogP contribution is -2.24. The highest BCUT2D eigenvalue weighted by molar-refractivity contribution is 7.91. The van der Waals surface area contributed by atoms with E-state index in [0.29, 0.717) is 18.7 Å². The Morgan fingerprint density at radius 2 is 2.23 bits per heavy atom.